The van der Waals surface area contributed by atoms with Gasteiger partial charge in [-0.2, -0.15) is 0 Å². The van der Waals surface area contributed by atoms with Crippen molar-refractivity contribution in [1.29, 1.82) is 0 Å². The number of aromatic nitrogens is 1. The summed E-state index contributed by atoms with van der Waals surface area (Å²) in [5.41, 5.74) is 1.12. The van der Waals surface area contributed by atoms with Crippen molar-refractivity contribution in [1.82, 2.24) is 9.88 Å². The van der Waals surface area contributed by atoms with Gasteiger partial charge in [0.2, 0.25) is 0 Å². The van der Waals surface area contributed by atoms with Crippen LogP contribution >= 0.6 is 16.3 Å². The Hall–Kier alpha value is -2.60. The van der Waals surface area contributed by atoms with E-state index in [1.54, 1.807) is 54.7 Å². The topological polar surface area (TPSA) is 60.3 Å². The first kappa shape index (κ1) is 14.3. The van der Waals surface area contributed by atoms with E-state index in [0.29, 0.717) is 16.8 Å². The lowest BCUT2D eigenvalue weighted by atomic mass is 10.2. The molecule has 0 aliphatic rings. The van der Waals surface area contributed by atoms with Crippen LogP contribution in [0.25, 0.3) is 10.9 Å². The summed E-state index contributed by atoms with van der Waals surface area (Å²) in [5, 5.41) is 3.20. The smallest absolute Gasteiger partial charge is 0.332 e. The molecule has 0 saturated carbocycles. The average molecular weight is 359 g/mol. The van der Waals surface area contributed by atoms with Crippen LogP contribution < -0.4 is 9.15 Å². The van der Waals surface area contributed by atoms with Crippen molar-refractivity contribution in [3.05, 3.63) is 66.4 Å². The molecular weight excluding hydrogens is 348 g/mol. The van der Waals surface area contributed by atoms with Crippen LogP contribution in [-0.2, 0) is 0 Å². The molecular formula is C16H11BrN2O3. The molecule has 1 N–H and O–H groups in total. The molecule has 0 unspecified atom stereocenters. The van der Waals surface area contributed by atoms with E-state index in [1.165, 1.54) is 4.57 Å². The van der Waals surface area contributed by atoms with E-state index in [9.17, 15) is 9.59 Å². The van der Waals surface area contributed by atoms with Crippen LogP contribution in [0.4, 0.5) is 4.79 Å². The van der Waals surface area contributed by atoms with Crippen LogP contribution in [0.2, 0.25) is 0 Å². The summed E-state index contributed by atoms with van der Waals surface area (Å²) in [6.07, 6.45) is 1.61. The molecule has 22 heavy (non-hydrogen) atoms. The Balaban J connectivity index is 1.85. The van der Waals surface area contributed by atoms with Crippen molar-refractivity contribution in [2.75, 3.05) is 0 Å². The zero-order chi connectivity index (χ0) is 15.5. The highest BCUT2D eigenvalue weighted by molar-refractivity contribution is 9.06. The first-order valence-corrected chi connectivity index (χ1v) is 7.14. The number of fused-ring (bicyclic) bond motifs is 1. The lowest BCUT2D eigenvalue weighted by Crippen LogP contribution is -2.33. The number of benzene rings is 2. The molecule has 0 bridgehead atoms. The molecule has 0 radical (unpaired) electrons. The zero-order valence-electron chi connectivity index (χ0n) is 11.3. The number of halogens is 1. The average Bonchev–Trinajstić information content (AvgIpc) is 2.98. The third-order valence-electron chi connectivity index (χ3n) is 3.23. The first-order chi connectivity index (χ1) is 10.7. The predicted octanol–water partition coefficient (Wildman–Crippen LogP) is 3.73. The van der Waals surface area contributed by atoms with Crippen LogP contribution in [0.15, 0.2) is 60.8 Å². The lowest BCUT2D eigenvalue weighted by molar-refractivity contribution is 0.0964. The number of nitrogens with zero attached hydrogens (tertiary/aromatic N) is 1. The van der Waals surface area contributed by atoms with Crippen molar-refractivity contribution in [3.8, 4) is 5.75 Å². The molecule has 0 aliphatic heterocycles. The molecule has 3 rings (SSSR count). The highest BCUT2D eigenvalue weighted by atomic mass is 79.9. The van der Waals surface area contributed by atoms with E-state index in [0.717, 1.165) is 5.39 Å². The van der Waals surface area contributed by atoms with Gasteiger partial charge in [0, 0.05) is 17.1 Å². The second kappa shape index (κ2) is 6.03. The number of hydrogen-bond donors (Lipinski definition) is 1. The van der Waals surface area contributed by atoms with Crippen molar-refractivity contribution >= 4 is 39.1 Å². The molecule has 0 saturated heterocycles. The van der Waals surface area contributed by atoms with Crippen molar-refractivity contribution in [2.24, 2.45) is 0 Å². The third kappa shape index (κ3) is 2.73. The fraction of sp³-hybridized carbons (Fsp3) is 0. The van der Waals surface area contributed by atoms with E-state index in [2.05, 4.69) is 21.6 Å². The van der Waals surface area contributed by atoms with Crippen molar-refractivity contribution < 1.29 is 13.4 Å². The quantitative estimate of drug-likeness (QED) is 0.759. The van der Waals surface area contributed by atoms with Gasteiger partial charge in [0.1, 0.15) is 5.75 Å². The molecule has 1 heterocycles. The standard InChI is InChI=1S/C16H11BrN2O3/c17-22-13-6-7-14-12(10-13)8-9-19(14)16(21)18-15(20)11-4-2-1-3-5-11/h1-10H,(H,18,20,21). The Morgan fingerprint density at radius 3 is 2.55 bits per heavy atom. The van der Waals surface area contributed by atoms with Crippen LogP contribution in [-0.4, -0.2) is 16.5 Å². The van der Waals surface area contributed by atoms with Crippen LogP contribution in [0.5, 0.6) is 5.75 Å². The second-order valence-electron chi connectivity index (χ2n) is 4.61. The molecule has 6 heteroatoms. The maximum absolute atomic E-state index is 12.2. The minimum atomic E-state index is -0.503. The van der Waals surface area contributed by atoms with Gasteiger partial charge in [-0.3, -0.25) is 14.7 Å². The van der Waals surface area contributed by atoms with Crippen molar-refractivity contribution in [3.63, 3.8) is 0 Å². The highest BCUT2D eigenvalue weighted by Gasteiger charge is 2.13. The number of amides is 2. The largest absolute Gasteiger partial charge is 0.418 e. The minimum absolute atomic E-state index is 0.433. The van der Waals surface area contributed by atoms with Gasteiger partial charge in [-0.1, -0.05) is 18.2 Å². The molecule has 2 aromatic carbocycles. The van der Waals surface area contributed by atoms with Gasteiger partial charge >= 0.3 is 6.03 Å². The SMILES string of the molecule is O=C(NC(=O)n1ccc2cc(OBr)ccc21)c1ccccc1. The Kier molecular flexibility index (Phi) is 3.93. The number of rotatable bonds is 2. The van der Waals surface area contributed by atoms with Gasteiger partial charge in [-0.25, -0.2) is 4.79 Å². The molecule has 0 spiro atoms. The summed E-state index contributed by atoms with van der Waals surface area (Å²) >= 11 is 2.91. The van der Waals surface area contributed by atoms with E-state index in [1.807, 2.05) is 6.07 Å². The molecule has 5 nitrogen and oxygen atoms in total. The van der Waals surface area contributed by atoms with Crippen molar-refractivity contribution in [2.45, 2.75) is 0 Å². The third-order valence-corrected chi connectivity index (χ3v) is 3.60. The molecule has 1 aromatic heterocycles. The van der Waals surface area contributed by atoms with Crippen LogP contribution in [0.1, 0.15) is 10.4 Å². The molecule has 0 fully saturated rings. The maximum atomic E-state index is 12.2. The van der Waals surface area contributed by atoms with Crippen LogP contribution in [0, 0.1) is 0 Å². The fourth-order valence-corrected chi connectivity index (χ4v) is 2.37. The molecule has 0 aliphatic carbocycles. The molecule has 110 valence electrons. The van der Waals surface area contributed by atoms with E-state index < -0.39 is 11.9 Å². The van der Waals surface area contributed by atoms with Crippen LogP contribution in [0.3, 0.4) is 0 Å². The lowest BCUT2D eigenvalue weighted by Gasteiger charge is -2.06. The monoisotopic (exact) mass is 358 g/mol. The summed E-state index contributed by atoms with van der Waals surface area (Å²) in [5.74, 6) is 0.193. The summed E-state index contributed by atoms with van der Waals surface area (Å²) in [6.45, 7) is 0. The predicted molar refractivity (Wildman–Crippen MR) is 86.2 cm³/mol. The summed E-state index contributed by atoms with van der Waals surface area (Å²) in [4.78, 5) is 24.3. The van der Waals surface area contributed by atoms with Gasteiger partial charge in [-0.05, 0) is 36.4 Å². The summed E-state index contributed by atoms with van der Waals surface area (Å²) in [7, 11) is 0. The minimum Gasteiger partial charge on any atom is -0.418 e. The molecule has 3 aromatic rings. The van der Waals surface area contributed by atoms with Gasteiger partial charge in [-0.15, -0.1) is 0 Å². The highest BCUT2D eigenvalue weighted by Crippen LogP contribution is 2.22. The fourth-order valence-electron chi connectivity index (χ4n) is 2.16. The molecule has 2 amide bonds. The zero-order valence-corrected chi connectivity index (χ0v) is 12.9. The van der Waals surface area contributed by atoms with E-state index in [4.69, 9.17) is 3.83 Å². The number of imide groups is 1. The number of nitrogens with one attached hydrogen (secondary N) is 1. The number of hydrogen-bond acceptors (Lipinski definition) is 3. The van der Waals surface area contributed by atoms with E-state index >= 15 is 0 Å². The summed E-state index contributed by atoms with van der Waals surface area (Å²) in [6, 6.07) is 15.1. The van der Waals surface area contributed by atoms with E-state index in [-0.39, 0.29) is 0 Å². The van der Waals surface area contributed by atoms with Gasteiger partial charge in [0.15, 0.2) is 16.3 Å². The first-order valence-electron chi connectivity index (χ1n) is 6.49. The molecule has 0 atom stereocenters. The summed E-state index contributed by atoms with van der Waals surface area (Å²) < 4.78 is 6.35. The Bertz CT molecular complexity index is 843. The second-order valence-corrected chi connectivity index (χ2v) is 4.93. The number of carbonyl (C=O) groups is 2. The maximum Gasteiger partial charge on any atom is 0.332 e. The Morgan fingerprint density at radius 2 is 1.82 bits per heavy atom. The van der Waals surface area contributed by atoms with Gasteiger partial charge < -0.3 is 3.83 Å². The Morgan fingerprint density at radius 1 is 1.05 bits per heavy atom. The van der Waals surface area contributed by atoms with Gasteiger partial charge in [0.05, 0.1) is 5.52 Å². The van der Waals surface area contributed by atoms with Gasteiger partial charge in [0.25, 0.3) is 5.91 Å². The Labute approximate surface area is 134 Å². The number of carbonyl (C=O) groups excluding carboxylic acids is 2. The normalized spacial score (nSPS) is 10.4.